The molecule has 21 heavy (non-hydrogen) atoms. The number of aryl methyl sites for hydroxylation is 2. The van der Waals surface area contributed by atoms with Gasteiger partial charge in [-0.3, -0.25) is 0 Å². The number of aromatic nitrogens is 1. The summed E-state index contributed by atoms with van der Waals surface area (Å²) in [7, 11) is 0. The van der Waals surface area contributed by atoms with Gasteiger partial charge < -0.3 is 4.74 Å². The zero-order valence-electron chi connectivity index (χ0n) is 10.9. The van der Waals surface area contributed by atoms with E-state index in [1.165, 1.54) is 11.1 Å². The van der Waals surface area contributed by atoms with Crippen LogP contribution in [0, 0.1) is 0 Å². The molecule has 0 fully saturated rings. The fourth-order valence-electron chi connectivity index (χ4n) is 2.42. The van der Waals surface area contributed by atoms with Crippen molar-refractivity contribution >= 4 is 11.6 Å². The summed E-state index contributed by atoms with van der Waals surface area (Å²) >= 11 is 5.62. The number of alkyl halides is 3. The van der Waals surface area contributed by atoms with Gasteiger partial charge in [-0.15, -0.1) is 0 Å². The van der Waals surface area contributed by atoms with Crippen LogP contribution in [0.3, 0.4) is 0 Å². The van der Waals surface area contributed by atoms with Crippen molar-refractivity contribution in [3.63, 3.8) is 0 Å². The zero-order chi connectivity index (χ0) is 15.0. The largest absolute Gasteiger partial charge is 0.439 e. The van der Waals surface area contributed by atoms with Gasteiger partial charge in [0.25, 0.3) is 0 Å². The lowest BCUT2D eigenvalue weighted by atomic mass is 10.1. The average molecular weight is 314 g/mol. The molecular weight excluding hydrogens is 303 g/mol. The van der Waals surface area contributed by atoms with Crippen LogP contribution in [-0.2, 0) is 19.0 Å². The maximum absolute atomic E-state index is 12.7. The second-order valence-electron chi connectivity index (χ2n) is 4.90. The molecule has 0 saturated heterocycles. The van der Waals surface area contributed by atoms with Gasteiger partial charge in [-0.2, -0.15) is 13.2 Å². The summed E-state index contributed by atoms with van der Waals surface area (Å²) in [5.41, 5.74) is 1.56. The van der Waals surface area contributed by atoms with E-state index in [0.717, 1.165) is 31.4 Å². The molecule has 1 heterocycles. The van der Waals surface area contributed by atoms with Gasteiger partial charge in [0.15, 0.2) is 0 Å². The average Bonchev–Trinajstić information content (AvgIpc) is 2.84. The SMILES string of the molecule is FC(F)(F)c1cc(Cl)nc(Oc2ccc3c(c2)CCC3)c1. The third-order valence-electron chi connectivity index (χ3n) is 3.39. The molecule has 0 saturated carbocycles. The van der Waals surface area contributed by atoms with Crippen LogP contribution < -0.4 is 4.74 Å². The molecule has 0 unspecified atom stereocenters. The second-order valence-corrected chi connectivity index (χ2v) is 5.29. The smallest absolute Gasteiger partial charge is 0.416 e. The minimum Gasteiger partial charge on any atom is -0.439 e. The van der Waals surface area contributed by atoms with Gasteiger partial charge in [-0.25, -0.2) is 4.98 Å². The molecule has 2 aromatic rings. The highest BCUT2D eigenvalue weighted by Crippen LogP contribution is 2.34. The Morgan fingerprint density at radius 1 is 1.05 bits per heavy atom. The topological polar surface area (TPSA) is 22.1 Å². The number of hydrogen-bond acceptors (Lipinski definition) is 2. The third-order valence-corrected chi connectivity index (χ3v) is 3.58. The van der Waals surface area contributed by atoms with E-state index < -0.39 is 11.7 Å². The van der Waals surface area contributed by atoms with Gasteiger partial charge in [0.1, 0.15) is 10.9 Å². The van der Waals surface area contributed by atoms with Crippen molar-refractivity contribution in [2.75, 3.05) is 0 Å². The Kier molecular flexibility index (Phi) is 3.53. The van der Waals surface area contributed by atoms with Gasteiger partial charge in [0.2, 0.25) is 5.88 Å². The monoisotopic (exact) mass is 313 g/mol. The van der Waals surface area contributed by atoms with Crippen LogP contribution in [0.4, 0.5) is 13.2 Å². The van der Waals surface area contributed by atoms with Gasteiger partial charge in [-0.1, -0.05) is 17.7 Å². The Bertz CT molecular complexity index is 685. The summed E-state index contributed by atoms with van der Waals surface area (Å²) in [5, 5.41) is -0.249. The molecule has 0 N–H and O–H groups in total. The highest BCUT2D eigenvalue weighted by molar-refractivity contribution is 6.29. The van der Waals surface area contributed by atoms with E-state index in [1.807, 2.05) is 12.1 Å². The first kappa shape index (κ1) is 14.2. The molecule has 110 valence electrons. The normalized spacial score (nSPS) is 14.1. The van der Waals surface area contributed by atoms with Crippen LogP contribution in [0.15, 0.2) is 30.3 Å². The van der Waals surface area contributed by atoms with Crippen molar-refractivity contribution in [1.29, 1.82) is 0 Å². The van der Waals surface area contributed by atoms with E-state index in [1.54, 1.807) is 6.07 Å². The van der Waals surface area contributed by atoms with Gasteiger partial charge >= 0.3 is 6.18 Å². The first-order chi connectivity index (χ1) is 9.91. The Hall–Kier alpha value is -1.75. The first-order valence-electron chi connectivity index (χ1n) is 6.46. The highest BCUT2D eigenvalue weighted by atomic mass is 35.5. The number of halogens is 4. The van der Waals surface area contributed by atoms with Gasteiger partial charge in [0, 0.05) is 6.07 Å². The van der Waals surface area contributed by atoms with Gasteiger partial charge in [-0.05, 0) is 48.6 Å². The van der Waals surface area contributed by atoms with Crippen LogP contribution in [0.2, 0.25) is 5.15 Å². The van der Waals surface area contributed by atoms with E-state index >= 15 is 0 Å². The summed E-state index contributed by atoms with van der Waals surface area (Å²) in [5.74, 6) is 0.311. The van der Waals surface area contributed by atoms with Gasteiger partial charge in [0.05, 0.1) is 5.56 Å². The molecule has 0 radical (unpaired) electrons. The fourth-order valence-corrected chi connectivity index (χ4v) is 2.62. The van der Waals surface area contributed by atoms with Crippen LogP contribution in [0.5, 0.6) is 11.6 Å². The van der Waals surface area contributed by atoms with Crippen molar-refractivity contribution in [1.82, 2.24) is 4.98 Å². The van der Waals surface area contributed by atoms with Crippen LogP contribution in [0.1, 0.15) is 23.1 Å². The molecule has 3 rings (SSSR count). The zero-order valence-corrected chi connectivity index (χ0v) is 11.6. The standard InChI is InChI=1S/C15H11ClF3NO/c16-13-7-11(15(17,18)19)8-14(20-13)21-12-5-4-9-2-1-3-10(9)6-12/h4-8H,1-3H2. The van der Waals surface area contributed by atoms with Crippen molar-refractivity contribution in [2.24, 2.45) is 0 Å². The van der Waals surface area contributed by atoms with E-state index in [0.29, 0.717) is 5.75 Å². The number of nitrogens with zero attached hydrogens (tertiary/aromatic N) is 1. The number of benzene rings is 1. The number of hydrogen-bond donors (Lipinski definition) is 0. The lowest BCUT2D eigenvalue weighted by molar-refractivity contribution is -0.137. The quantitative estimate of drug-likeness (QED) is 0.725. The first-order valence-corrected chi connectivity index (χ1v) is 6.84. The van der Waals surface area contributed by atoms with Crippen molar-refractivity contribution in [3.05, 3.63) is 52.2 Å². The minimum atomic E-state index is -4.48. The van der Waals surface area contributed by atoms with Crippen molar-refractivity contribution in [3.8, 4) is 11.6 Å². The summed E-state index contributed by atoms with van der Waals surface area (Å²) in [6.07, 6.45) is -1.40. The van der Waals surface area contributed by atoms with Crippen LogP contribution in [0.25, 0.3) is 0 Å². The molecule has 0 amide bonds. The second kappa shape index (κ2) is 5.22. The summed E-state index contributed by atoms with van der Waals surface area (Å²) in [6.45, 7) is 0. The van der Waals surface area contributed by atoms with Crippen LogP contribution >= 0.6 is 11.6 Å². The number of rotatable bonds is 2. The van der Waals surface area contributed by atoms with Crippen molar-refractivity contribution < 1.29 is 17.9 Å². The molecule has 0 spiro atoms. The molecule has 2 nitrogen and oxygen atoms in total. The number of fused-ring (bicyclic) bond motifs is 1. The highest BCUT2D eigenvalue weighted by Gasteiger charge is 2.32. The Morgan fingerprint density at radius 2 is 1.81 bits per heavy atom. The predicted octanol–water partition coefficient (Wildman–Crippen LogP) is 5.03. The molecule has 1 aliphatic rings. The maximum atomic E-state index is 12.7. The molecular formula is C15H11ClF3NO. The fraction of sp³-hybridized carbons (Fsp3) is 0.267. The minimum absolute atomic E-state index is 0.159. The molecule has 1 aromatic heterocycles. The Morgan fingerprint density at radius 3 is 2.57 bits per heavy atom. The summed E-state index contributed by atoms with van der Waals surface area (Å²) in [6, 6.07) is 7.14. The third kappa shape index (κ3) is 3.13. The van der Waals surface area contributed by atoms with Crippen LogP contribution in [-0.4, -0.2) is 4.98 Å². The van der Waals surface area contributed by atoms with E-state index in [-0.39, 0.29) is 11.0 Å². The lowest BCUT2D eigenvalue weighted by Gasteiger charge is -2.11. The molecule has 1 aliphatic carbocycles. The van der Waals surface area contributed by atoms with E-state index in [4.69, 9.17) is 16.3 Å². The number of ether oxygens (including phenoxy) is 1. The molecule has 6 heteroatoms. The van der Waals surface area contributed by atoms with E-state index in [9.17, 15) is 13.2 Å². The summed E-state index contributed by atoms with van der Waals surface area (Å²) in [4.78, 5) is 3.78. The molecule has 1 aromatic carbocycles. The molecule has 0 bridgehead atoms. The lowest BCUT2D eigenvalue weighted by Crippen LogP contribution is -2.05. The maximum Gasteiger partial charge on any atom is 0.416 e. The predicted molar refractivity (Wildman–Crippen MR) is 72.8 cm³/mol. The van der Waals surface area contributed by atoms with E-state index in [2.05, 4.69) is 4.98 Å². The Balaban J connectivity index is 1.89. The molecule has 0 atom stereocenters. The summed E-state index contributed by atoms with van der Waals surface area (Å²) < 4.78 is 43.6. The van der Waals surface area contributed by atoms with Crippen molar-refractivity contribution in [2.45, 2.75) is 25.4 Å². The Labute approximate surface area is 124 Å². The number of pyridine rings is 1. The molecule has 0 aliphatic heterocycles.